The zero-order valence-electron chi connectivity index (χ0n) is 11.7. The van der Waals surface area contributed by atoms with Gasteiger partial charge >= 0.3 is 5.76 Å². The van der Waals surface area contributed by atoms with E-state index < -0.39 is 15.8 Å². The maximum atomic E-state index is 12.5. The first-order chi connectivity index (χ1) is 10.8. The predicted octanol–water partition coefficient (Wildman–Crippen LogP) is 3.35. The summed E-state index contributed by atoms with van der Waals surface area (Å²) >= 11 is 9.35. The number of nitrogens with one attached hydrogen (secondary N) is 1. The number of hydrogen-bond donors (Lipinski definition) is 1. The second kappa shape index (κ2) is 5.70. The summed E-state index contributed by atoms with van der Waals surface area (Å²) in [7, 11) is -2.41. The van der Waals surface area contributed by atoms with E-state index in [0.717, 1.165) is 4.47 Å². The van der Waals surface area contributed by atoms with E-state index in [0.29, 0.717) is 11.2 Å². The van der Waals surface area contributed by atoms with E-state index in [2.05, 4.69) is 20.7 Å². The first kappa shape index (κ1) is 16.1. The molecule has 0 amide bonds. The summed E-state index contributed by atoms with van der Waals surface area (Å²) in [6.07, 6.45) is 0. The lowest BCUT2D eigenvalue weighted by atomic mass is 10.3. The minimum absolute atomic E-state index is 0.00138. The van der Waals surface area contributed by atoms with E-state index in [9.17, 15) is 13.2 Å². The Morgan fingerprint density at radius 3 is 2.52 bits per heavy atom. The molecule has 0 aliphatic carbocycles. The van der Waals surface area contributed by atoms with Crippen LogP contribution >= 0.6 is 27.5 Å². The van der Waals surface area contributed by atoms with Gasteiger partial charge in [0, 0.05) is 23.3 Å². The van der Waals surface area contributed by atoms with Gasteiger partial charge in [-0.2, -0.15) is 0 Å². The summed E-state index contributed by atoms with van der Waals surface area (Å²) in [6.45, 7) is 0. The minimum Gasteiger partial charge on any atom is -0.408 e. The summed E-state index contributed by atoms with van der Waals surface area (Å²) in [4.78, 5) is 11.4. The van der Waals surface area contributed by atoms with E-state index in [-0.39, 0.29) is 15.5 Å². The summed E-state index contributed by atoms with van der Waals surface area (Å²) in [6, 6.07) is 9.25. The summed E-state index contributed by atoms with van der Waals surface area (Å²) in [5.74, 6) is -0.591. The summed E-state index contributed by atoms with van der Waals surface area (Å²) in [5, 5.41) is -0.00138. The zero-order chi connectivity index (χ0) is 16.8. The number of aryl methyl sites for hydroxylation is 1. The topological polar surface area (TPSA) is 81.3 Å². The molecule has 1 N–H and O–H groups in total. The molecule has 1 heterocycles. The van der Waals surface area contributed by atoms with Crippen LogP contribution in [0.5, 0.6) is 0 Å². The highest BCUT2D eigenvalue weighted by Crippen LogP contribution is 2.28. The number of fused-ring (bicyclic) bond motifs is 1. The largest absolute Gasteiger partial charge is 0.419 e. The fourth-order valence-electron chi connectivity index (χ4n) is 2.06. The number of oxazole rings is 1. The molecule has 2 aromatic carbocycles. The normalized spacial score (nSPS) is 11.8. The fraction of sp³-hybridized carbons (Fsp3) is 0.0714. The third-order valence-corrected chi connectivity index (χ3v) is 5.61. The Kier molecular flexibility index (Phi) is 3.99. The average molecular weight is 418 g/mol. The Labute approximate surface area is 144 Å². The molecule has 3 rings (SSSR count). The van der Waals surface area contributed by atoms with E-state index in [4.69, 9.17) is 16.0 Å². The van der Waals surface area contributed by atoms with Gasteiger partial charge in [0.1, 0.15) is 4.90 Å². The van der Waals surface area contributed by atoms with Gasteiger partial charge in [-0.25, -0.2) is 13.2 Å². The van der Waals surface area contributed by atoms with Gasteiger partial charge in [0.05, 0.1) is 10.5 Å². The van der Waals surface area contributed by atoms with Gasteiger partial charge in [0.2, 0.25) is 0 Å². The lowest BCUT2D eigenvalue weighted by Crippen LogP contribution is -2.13. The van der Waals surface area contributed by atoms with E-state index in [1.54, 1.807) is 24.3 Å². The van der Waals surface area contributed by atoms with Crippen LogP contribution in [-0.4, -0.2) is 13.0 Å². The third-order valence-electron chi connectivity index (χ3n) is 3.23. The van der Waals surface area contributed by atoms with Gasteiger partial charge in [-0.15, -0.1) is 0 Å². The first-order valence-electron chi connectivity index (χ1n) is 6.35. The van der Waals surface area contributed by atoms with Crippen molar-refractivity contribution >= 4 is 54.3 Å². The van der Waals surface area contributed by atoms with Crippen LogP contribution in [0.4, 0.5) is 5.69 Å². The van der Waals surface area contributed by atoms with Crippen LogP contribution < -0.4 is 10.5 Å². The molecule has 0 atom stereocenters. The lowest BCUT2D eigenvalue weighted by Gasteiger charge is -2.09. The molecule has 0 saturated heterocycles. The van der Waals surface area contributed by atoms with Gasteiger partial charge in [-0.1, -0.05) is 27.5 Å². The van der Waals surface area contributed by atoms with Crippen molar-refractivity contribution in [2.75, 3.05) is 4.72 Å². The number of halogens is 2. The number of hydrogen-bond acceptors (Lipinski definition) is 4. The highest BCUT2D eigenvalue weighted by Gasteiger charge is 2.21. The van der Waals surface area contributed by atoms with E-state index in [1.165, 1.54) is 23.7 Å². The van der Waals surface area contributed by atoms with Gasteiger partial charge in [-0.05, 0) is 30.3 Å². The van der Waals surface area contributed by atoms with Gasteiger partial charge in [-0.3, -0.25) is 9.29 Å². The molecule has 0 aliphatic rings. The molecule has 0 unspecified atom stereocenters. The molecule has 6 nitrogen and oxygen atoms in total. The van der Waals surface area contributed by atoms with Gasteiger partial charge in [0.15, 0.2) is 5.58 Å². The molecule has 0 bridgehead atoms. The smallest absolute Gasteiger partial charge is 0.408 e. The SMILES string of the molecule is Cn1c(=O)oc2cc(S(=O)(=O)Nc3ccc(Br)cc3)c(Cl)cc21. The number of aromatic nitrogens is 1. The number of nitrogens with zero attached hydrogens (tertiary/aromatic N) is 1. The molecular weight excluding hydrogens is 408 g/mol. The van der Waals surface area contributed by atoms with Crippen LogP contribution in [-0.2, 0) is 17.1 Å². The van der Waals surface area contributed by atoms with Crippen molar-refractivity contribution in [1.82, 2.24) is 4.57 Å². The first-order valence-corrected chi connectivity index (χ1v) is 9.01. The molecule has 120 valence electrons. The molecule has 0 aliphatic heterocycles. The quantitative estimate of drug-likeness (QED) is 0.708. The van der Waals surface area contributed by atoms with Crippen LogP contribution in [0.3, 0.4) is 0 Å². The molecule has 0 saturated carbocycles. The van der Waals surface area contributed by atoms with Crippen LogP contribution in [0.15, 0.2) is 55.0 Å². The number of anilines is 1. The van der Waals surface area contributed by atoms with Crippen LogP contribution in [0.25, 0.3) is 11.1 Å². The maximum absolute atomic E-state index is 12.5. The Morgan fingerprint density at radius 1 is 1.22 bits per heavy atom. The molecule has 0 spiro atoms. The van der Waals surface area contributed by atoms with Crippen LogP contribution in [0.2, 0.25) is 5.02 Å². The maximum Gasteiger partial charge on any atom is 0.419 e. The van der Waals surface area contributed by atoms with Crippen molar-refractivity contribution in [3.8, 4) is 0 Å². The molecule has 1 aromatic heterocycles. The zero-order valence-corrected chi connectivity index (χ0v) is 14.9. The number of sulfonamides is 1. The average Bonchev–Trinajstić information content (AvgIpc) is 2.76. The van der Waals surface area contributed by atoms with E-state index in [1.807, 2.05) is 0 Å². The predicted molar refractivity (Wildman–Crippen MR) is 91.4 cm³/mol. The molecule has 0 fully saturated rings. The van der Waals surface area contributed by atoms with E-state index >= 15 is 0 Å². The van der Waals surface area contributed by atoms with Crippen LogP contribution in [0.1, 0.15) is 0 Å². The third kappa shape index (κ3) is 3.01. The van der Waals surface area contributed by atoms with Crippen molar-refractivity contribution in [1.29, 1.82) is 0 Å². The molecule has 0 radical (unpaired) electrons. The standard InChI is InChI=1S/C14H10BrClN2O4S/c1-18-11-6-10(16)13(7-12(11)22-14(18)19)23(20,21)17-9-4-2-8(15)3-5-9/h2-7,17H,1H3. The van der Waals surface area contributed by atoms with Crippen molar-refractivity contribution in [2.45, 2.75) is 4.90 Å². The Bertz CT molecular complexity index is 1050. The van der Waals surface area contributed by atoms with Crippen LogP contribution in [0, 0.1) is 0 Å². The molecule has 9 heteroatoms. The van der Waals surface area contributed by atoms with Crippen molar-refractivity contribution in [3.05, 3.63) is 56.4 Å². The molecule has 23 heavy (non-hydrogen) atoms. The fourth-order valence-corrected chi connectivity index (χ4v) is 3.92. The molecular formula is C14H10BrClN2O4S. The summed E-state index contributed by atoms with van der Waals surface area (Å²) < 4.78 is 34.5. The monoisotopic (exact) mass is 416 g/mol. The Hall–Kier alpha value is -1.77. The number of rotatable bonds is 3. The highest BCUT2D eigenvalue weighted by molar-refractivity contribution is 9.10. The lowest BCUT2D eigenvalue weighted by molar-refractivity contribution is 0.527. The van der Waals surface area contributed by atoms with Crippen molar-refractivity contribution < 1.29 is 12.8 Å². The molecule has 3 aromatic rings. The highest BCUT2D eigenvalue weighted by atomic mass is 79.9. The second-order valence-electron chi connectivity index (χ2n) is 4.79. The Balaban J connectivity index is 2.09. The minimum atomic E-state index is -3.92. The summed E-state index contributed by atoms with van der Waals surface area (Å²) in [5.41, 5.74) is 0.958. The van der Waals surface area contributed by atoms with Gasteiger partial charge < -0.3 is 4.42 Å². The second-order valence-corrected chi connectivity index (χ2v) is 7.76. The van der Waals surface area contributed by atoms with Gasteiger partial charge in [0.25, 0.3) is 10.0 Å². The van der Waals surface area contributed by atoms with Crippen molar-refractivity contribution in [3.63, 3.8) is 0 Å². The Morgan fingerprint density at radius 2 is 1.87 bits per heavy atom. The van der Waals surface area contributed by atoms with Crippen molar-refractivity contribution in [2.24, 2.45) is 7.05 Å². The number of benzene rings is 2.